The van der Waals surface area contributed by atoms with Crippen molar-refractivity contribution < 1.29 is 23.5 Å². The maximum Gasteiger partial charge on any atom is 0.323 e. The van der Waals surface area contributed by atoms with Gasteiger partial charge in [-0.05, 0) is 44.9 Å². The molecule has 10 heteroatoms. The minimum Gasteiger partial charge on any atom is -0.484 e. The largest absolute Gasteiger partial charge is 0.484 e. The van der Waals surface area contributed by atoms with Crippen LogP contribution in [0.4, 0.5) is 20.6 Å². The van der Waals surface area contributed by atoms with E-state index < -0.39 is 28.9 Å². The van der Waals surface area contributed by atoms with Gasteiger partial charge in [-0.15, -0.1) is 0 Å². The van der Waals surface area contributed by atoms with E-state index in [4.69, 9.17) is 10.5 Å². The van der Waals surface area contributed by atoms with Gasteiger partial charge in [0.1, 0.15) is 22.9 Å². The van der Waals surface area contributed by atoms with Crippen LogP contribution in [0.25, 0.3) is 0 Å². The number of anilines is 2. The molecule has 0 bridgehead atoms. The monoisotopic (exact) mass is 427 g/mol. The number of primary amides is 1. The molecule has 0 saturated carbocycles. The van der Waals surface area contributed by atoms with Crippen molar-refractivity contribution in [1.29, 1.82) is 0 Å². The summed E-state index contributed by atoms with van der Waals surface area (Å²) >= 11 is 0. The van der Waals surface area contributed by atoms with Gasteiger partial charge in [-0.3, -0.25) is 9.59 Å². The average Bonchev–Trinajstić information content (AvgIpc) is 3.24. The third-order valence-corrected chi connectivity index (χ3v) is 5.96. The summed E-state index contributed by atoms with van der Waals surface area (Å²) in [7, 11) is 0. The predicted octanol–water partition coefficient (Wildman–Crippen LogP) is 2.50. The number of nitrogens with zero attached hydrogens (tertiary/aromatic N) is 2. The quantitative estimate of drug-likeness (QED) is 0.632. The molecule has 3 heterocycles. The minimum absolute atomic E-state index is 0.0255. The number of aromatic nitrogens is 1. The van der Waals surface area contributed by atoms with Gasteiger partial charge in [-0.25, -0.2) is 14.2 Å². The number of pyridine rings is 1. The Morgan fingerprint density at radius 2 is 1.94 bits per heavy atom. The van der Waals surface area contributed by atoms with E-state index in [0.29, 0.717) is 18.7 Å². The third kappa shape index (κ3) is 3.65. The summed E-state index contributed by atoms with van der Waals surface area (Å²) in [4.78, 5) is 41.2. The number of carbonyl (C=O) groups is 3. The number of hydrogen-bond acceptors (Lipinski definition) is 5. The zero-order valence-electron chi connectivity index (χ0n) is 17.1. The van der Waals surface area contributed by atoms with Gasteiger partial charge >= 0.3 is 6.03 Å². The molecule has 9 nitrogen and oxygen atoms in total. The summed E-state index contributed by atoms with van der Waals surface area (Å²) in [6, 6.07) is 6.08. The fraction of sp³-hybridized carbons (Fsp3) is 0.333. The van der Waals surface area contributed by atoms with Gasteiger partial charge < -0.3 is 26.0 Å². The molecule has 2 unspecified atom stereocenters. The summed E-state index contributed by atoms with van der Waals surface area (Å²) in [5.41, 5.74) is 4.17. The van der Waals surface area contributed by atoms with Gasteiger partial charge in [0.05, 0.1) is 11.9 Å². The van der Waals surface area contributed by atoms with E-state index in [0.717, 1.165) is 12.5 Å². The molecule has 1 aromatic heterocycles. The number of nitrogens with two attached hydrogens (primary N) is 1. The van der Waals surface area contributed by atoms with Gasteiger partial charge in [-0.1, -0.05) is 0 Å². The molecule has 4 rings (SSSR count). The van der Waals surface area contributed by atoms with E-state index >= 15 is 0 Å². The van der Waals surface area contributed by atoms with Gasteiger partial charge in [0.2, 0.25) is 0 Å². The number of urea groups is 1. The van der Waals surface area contributed by atoms with Crippen LogP contribution in [0.15, 0.2) is 36.5 Å². The zero-order chi connectivity index (χ0) is 22.4. The Balaban J connectivity index is 1.46. The van der Waals surface area contributed by atoms with E-state index in [-0.39, 0.29) is 23.0 Å². The molecule has 31 heavy (non-hydrogen) atoms. The Morgan fingerprint density at radius 3 is 2.61 bits per heavy atom. The normalized spacial score (nSPS) is 24.2. The van der Waals surface area contributed by atoms with Crippen molar-refractivity contribution in [2.24, 2.45) is 5.73 Å². The molecule has 2 aliphatic rings. The number of fused-ring (bicyclic) bond motifs is 1. The van der Waals surface area contributed by atoms with Crippen LogP contribution in [0.1, 0.15) is 37.2 Å². The van der Waals surface area contributed by atoms with E-state index in [1.54, 1.807) is 4.90 Å². The van der Waals surface area contributed by atoms with Crippen molar-refractivity contribution in [3.8, 4) is 5.75 Å². The Labute approximate surface area is 177 Å². The lowest BCUT2D eigenvalue weighted by Gasteiger charge is -2.38. The lowest BCUT2D eigenvalue weighted by atomic mass is 9.83. The molecule has 162 valence electrons. The molecule has 4 amide bonds. The first-order chi connectivity index (χ1) is 14.6. The number of ether oxygens (including phenoxy) is 1. The topological polar surface area (TPSA) is 126 Å². The van der Waals surface area contributed by atoms with Gasteiger partial charge in [0.15, 0.2) is 5.54 Å². The number of piperidine rings is 1. The number of benzene rings is 1. The van der Waals surface area contributed by atoms with Crippen LogP contribution in [0.2, 0.25) is 0 Å². The number of halogens is 1. The average molecular weight is 427 g/mol. The van der Waals surface area contributed by atoms with Crippen molar-refractivity contribution in [3.63, 3.8) is 0 Å². The van der Waals surface area contributed by atoms with Crippen molar-refractivity contribution in [2.45, 2.75) is 37.8 Å². The molecule has 0 radical (unpaired) electrons. The van der Waals surface area contributed by atoms with Crippen molar-refractivity contribution >= 4 is 29.2 Å². The number of rotatable bonds is 5. The van der Waals surface area contributed by atoms with Gasteiger partial charge in [-0.2, -0.15) is 0 Å². The molecule has 2 fully saturated rings. The molecule has 0 spiro atoms. The lowest BCUT2D eigenvalue weighted by molar-refractivity contribution is -0.115. The minimum atomic E-state index is -0.802. The first kappa shape index (κ1) is 20.6. The van der Waals surface area contributed by atoms with E-state index in [9.17, 15) is 18.8 Å². The Morgan fingerprint density at radius 1 is 1.19 bits per heavy atom. The maximum absolute atomic E-state index is 14.2. The molecule has 2 saturated heterocycles. The predicted molar refractivity (Wildman–Crippen MR) is 110 cm³/mol. The van der Waals surface area contributed by atoms with Gasteiger partial charge in [0.25, 0.3) is 11.8 Å². The van der Waals surface area contributed by atoms with Crippen molar-refractivity contribution in [3.05, 3.63) is 48.0 Å². The standard InChI is InChI=1S/C21H22FN5O4/c1-20(6-3-7-27-18(29)21(20,27)2)31-15-9-12(22)8-14(10-15)26-19(30)25-13-4-5-16(17(23)28)24-11-13/h4-5,8-11H,3,6-7H2,1-2H3,(H2,23,28)(H2,25,26,30). The number of hydrogen-bond donors (Lipinski definition) is 3. The molecular formula is C21H22FN5O4. The molecule has 2 aliphatic heterocycles. The van der Waals surface area contributed by atoms with Crippen LogP contribution in [0, 0.1) is 5.82 Å². The van der Waals surface area contributed by atoms with E-state index in [1.165, 1.54) is 30.5 Å². The summed E-state index contributed by atoms with van der Waals surface area (Å²) in [6.07, 6.45) is 2.73. The fourth-order valence-electron chi connectivity index (χ4n) is 4.03. The Kier molecular flexibility index (Phi) is 4.79. The van der Waals surface area contributed by atoms with Crippen molar-refractivity contribution in [2.75, 3.05) is 17.2 Å². The van der Waals surface area contributed by atoms with Crippen molar-refractivity contribution in [1.82, 2.24) is 9.88 Å². The summed E-state index contributed by atoms with van der Waals surface area (Å²) < 4.78 is 20.3. The van der Waals surface area contributed by atoms with E-state index in [1.807, 2.05) is 13.8 Å². The highest BCUT2D eigenvalue weighted by Crippen LogP contribution is 2.51. The third-order valence-electron chi connectivity index (χ3n) is 5.96. The molecule has 1 aromatic carbocycles. The Hall–Kier alpha value is -3.69. The highest BCUT2D eigenvalue weighted by Gasteiger charge is 2.71. The summed E-state index contributed by atoms with van der Waals surface area (Å²) in [6.45, 7) is 4.37. The van der Waals surface area contributed by atoms with Crippen LogP contribution >= 0.6 is 0 Å². The molecule has 2 aromatic rings. The smallest absolute Gasteiger partial charge is 0.323 e. The fourth-order valence-corrected chi connectivity index (χ4v) is 4.03. The first-order valence-electron chi connectivity index (χ1n) is 9.78. The Bertz CT molecular complexity index is 1080. The first-order valence-corrected chi connectivity index (χ1v) is 9.78. The van der Waals surface area contributed by atoms with Crippen LogP contribution in [0.5, 0.6) is 5.75 Å². The number of carbonyl (C=O) groups excluding carboxylic acids is 3. The van der Waals surface area contributed by atoms with Crippen LogP contribution in [-0.4, -0.2) is 45.4 Å². The SMILES string of the molecule is CC1(Oc2cc(F)cc(NC(=O)Nc3ccc(C(N)=O)nc3)c2)CCCN2C(=O)C21C. The van der Waals surface area contributed by atoms with Crippen LogP contribution in [-0.2, 0) is 4.79 Å². The molecular weight excluding hydrogens is 405 g/mol. The lowest BCUT2D eigenvalue weighted by Crippen LogP contribution is -2.51. The summed E-state index contributed by atoms with van der Waals surface area (Å²) in [5, 5.41) is 5.06. The molecule has 4 N–H and O–H groups in total. The molecule has 0 aliphatic carbocycles. The highest BCUT2D eigenvalue weighted by molar-refractivity contribution is 6.03. The second-order valence-electron chi connectivity index (χ2n) is 8.02. The number of amides is 4. The highest BCUT2D eigenvalue weighted by atomic mass is 19.1. The van der Waals surface area contributed by atoms with Gasteiger partial charge in [0, 0.05) is 24.4 Å². The van der Waals surface area contributed by atoms with E-state index in [2.05, 4.69) is 15.6 Å². The second kappa shape index (κ2) is 7.22. The number of nitrogens with one attached hydrogen (secondary N) is 2. The zero-order valence-corrected chi connectivity index (χ0v) is 17.1. The van der Waals surface area contributed by atoms with Crippen LogP contribution in [0.3, 0.4) is 0 Å². The van der Waals surface area contributed by atoms with Crippen LogP contribution < -0.4 is 21.1 Å². The molecule has 2 atom stereocenters. The second-order valence-corrected chi connectivity index (χ2v) is 8.02. The summed E-state index contributed by atoms with van der Waals surface area (Å²) in [5.74, 6) is -1.03. The maximum atomic E-state index is 14.2.